The van der Waals surface area contributed by atoms with E-state index < -0.39 is 0 Å². The summed E-state index contributed by atoms with van der Waals surface area (Å²) in [5, 5.41) is 4.31. The molecule has 1 aromatic carbocycles. The van der Waals surface area contributed by atoms with E-state index in [4.69, 9.17) is 9.57 Å². The molecule has 6 heteroatoms. The van der Waals surface area contributed by atoms with E-state index in [1.807, 2.05) is 37.0 Å². The van der Waals surface area contributed by atoms with Gasteiger partial charge in [-0.25, -0.2) is 4.79 Å². The molecule has 0 saturated carbocycles. The average Bonchev–Trinajstić information content (AvgIpc) is 2.78. The molecule has 1 amide bonds. The summed E-state index contributed by atoms with van der Waals surface area (Å²) in [7, 11) is 0. The van der Waals surface area contributed by atoms with Crippen LogP contribution < -0.4 is 0 Å². The van der Waals surface area contributed by atoms with Crippen LogP contribution in [-0.2, 0) is 20.8 Å². The Bertz CT molecular complexity index is 926. The number of likely N-dealkylation sites (tertiary alicyclic amines) is 1. The van der Waals surface area contributed by atoms with Gasteiger partial charge in [0, 0.05) is 19.5 Å². The van der Waals surface area contributed by atoms with E-state index in [1.54, 1.807) is 0 Å². The molecule has 0 bridgehead atoms. The van der Waals surface area contributed by atoms with Gasteiger partial charge in [-0.2, -0.15) is 0 Å². The molecule has 2 aliphatic heterocycles. The average molecular weight is 453 g/mol. The van der Waals surface area contributed by atoms with Crippen molar-refractivity contribution in [3.63, 3.8) is 0 Å². The van der Waals surface area contributed by atoms with Gasteiger partial charge in [-0.3, -0.25) is 4.79 Å². The quantitative estimate of drug-likeness (QED) is 0.370. The lowest BCUT2D eigenvalue weighted by Crippen LogP contribution is -2.37. The molecule has 0 radical (unpaired) electrons. The van der Waals surface area contributed by atoms with Gasteiger partial charge in [0.05, 0.1) is 17.9 Å². The fourth-order valence-electron chi connectivity index (χ4n) is 4.33. The molecule has 6 nitrogen and oxygen atoms in total. The van der Waals surface area contributed by atoms with E-state index in [0.29, 0.717) is 36.6 Å². The number of carbonyl (C=O) groups excluding carboxylic acids is 2. The first-order chi connectivity index (χ1) is 15.9. The lowest BCUT2D eigenvalue weighted by molar-refractivity contribution is -0.137. The number of fused-ring (bicyclic) bond motifs is 1. The van der Waals surface area contributed by atoms with Crippen molar-refractivity contribution in [2.75, 3.05) is 26.3 Å². The number of aryl methyl sites for hydroxylation is 2. The Morgan fingerprint density at radius 2 is 1.97 bits per heavy atom. The fraction of sp³-hybridized carbons (Fsp3) is 0.519. The highest BCUT2D eigenvalue weighted by atomic mass is 16.6. The van der Waals surface area contributed by atoms with Crippen LogP contribution in [0.15, 0.2) is 41.6 Å². The number of benzene rings is 1. The van der Waals surface area contributed by atoms with E-state index in [1.165, 1.54) is 6.42 Å². The predicted molar refractivity (Wildman–Crippen MR) is 130 cm³/mol. The number of ether oxygens (including phenoxy) is 1. The Labute approximate surface area is 197 Å². The number of rotatable bonds is 3. The zero-order chi connectivity index (χ0) is 23.6. The Morgan fingerprint density at radius 1 is 1.18 bits per heavy atom. The summed E-state index contributed by atoms with van der Waals surface area (Å²) in [6, 6.07) is 3.99. The highest BCUT2D eigenvalue weighted by Crippen LogP contribution is 2.21. The number of hydrogen-bond donors (Lipinski definition) is 0. The van der Waals surface area contributed by atoms with Crippen LogP contribution in [0.1, 0.15) is 66.1 Å². The molecule has 1 aromatic rings. The molecule has 1 atom stereocenters. The summed E-state index contributed by atoms with van der Waals surface area (Å²) in [6.07, 6.45) is 13.5. The van der Waals surface area contributed by atoms with E-state index in [9.17, 15) is 9.59 Å². The van der Waals surface area contributed by atoms with Crippen molar-refractivity contribution in [3.8, 4) is 0 Å². The van der Waals surface area contributed by atoms with Gasteiger partial charge in [-0.05, 0) is 69.1 Å². The third kappa shape index (κ3) is 7.58. The molecular formula is C27H36N2O4. The number of hydrogen-bond acceptors (Lipinski definition) is 5. The molecule has 1 saturated heterocycles. The van der Waals surface area contributed by atoms with Gasteiger partial charge >= 0.3 is 5.97 Å². The summed E-state index contributed by atoms with van der Waals surface area (Å²) >= 11 is 0. The van der Waals surface area contributed by atoms with Crippen LogP contribution in [0.25, 0.3) is 0 Å². The zero-order valence-electron chi connectivity index (χ0n) is 20.1. The maximum absolute atomic E-state index is 12.9. The maximum atomic E-state index is 12.9. The normalized spacial score (nSPS) is 23.2. The first kappa shape index (κ1) is 24.7. The number of amides is 1. The fourth-order valence-corrected chi connectivity index (χ4v) is 4.33. The third-order valence-electron chi connectivity index (χ3n) is 6.02. The lowest BCUT2D eigenvalue weighted by Gasteiger charge is -2.26. The number of allylic oxidation sites excluding steroid dienone is 3. The van der Waals surface area contributed by atoms with Crippen molar-refractivity contribution in [2.24, 2.45) is 11.1 Å². The van der Waals surface area contributed by atoms with Gasteiger partial charge in [0.25, 0.3) is 5.91 Å². The van der Waals surface area contributed by atoms with Crippen molar-refractivity contribution in [1.29, 1.82) is 0 Å². The molecule has 3 rings (SSSR count). The molecule has 0 spiro atoms. The van der Waals surface area contributed by atoms with E-state index in [-0.39, 0.29) is 18.5 Å². The minimum atomic E-state index is -0.314. The third-order valence-corrected chi connectivity index (χ3v) is 6.02. The van der Waals surface area contributed by atoms with E-state index in [0.717, 1.165) is 49.0 Å². The summed E-state index contributed by atoms with van der Waals surface area (Å²) in [6.45, 7) is 7.95. The van der Waals surface area contributed by atoms with Crippen LogP contribution >= 0.6 is 0 Å². The first-order valence-corrected chi connectivity index (χ1v) is 12.0. The molecule has 0 N–H and O–H groups in total. The van der Waals surface area contributed by atoms with Crippen molar-refractivity contribution < 1.29 is 19.2 Å². The second-order valence-electron chi connectivity index (χ2n) is 9.06. The molecule has 2 heterocycles. The highest BCUT2D eigenvalue weighted by molar-refractivity contribution is 6.00. The number of nitrogens with zero attached hydrogens (tertiary/aromatic N) is 2. The number of piperidine rings is 1. The Hall–Kier alpha value is -2.89. The number of esters is 1. The van der Waals surface area contributed by atoms with Gasteiger partial charge in [0.1, 0.15) is 0 Å². The van der Waals surface area contributed by atoms with Crippen LogP contribution in [0.4, 0.5) is 0 Å². The Kier molecular flexibility index (Phi) is 9.28. The minimum absolute atomic E-state index is 0.0293. The molecule has 2 aliphatic rings. The summed E-state index contributed by atoms with van der Waals surface area (Å²) in [4.78, 5) is 32.7. The smallest absolute Gasteiger partial charge is 0.338 e. The SMILES string of the molecule is Cc1cc(C)c2c(c1)CC(=N/OCC(=O)N1CCCCC1)/C=C/CC(C)/C=C/CCOC2=O. The summed E-state index contributed by atoms with van der Waals surface area (Å²) in [5.74, 6) is 0.0170. The highest BCUT2D eigenvalue weighted by Gasteiger charge is 2.19. The van der Waals surface area contributed by atoms with Crippen LogP contribution in [0.3, 0.4) is 0 Å². The van der Waals surface area contributed by atoms with Crippen molar-refractivity contribution in [1.82, 2.24) is 4.90 Å². The predicted octanol–water partition coefficient (Wildman–Crippen LogP) is 4.93. The number of oxime groups is 1. The van der Waals surface area contributed by atoms with Crippen molar-refractivity contribution >= 4 is 17.6 Å². The van der Waals surface area contributed by atoms with Gasteiger partial charge in [0.2, 0.25) is 0 Å². The molecule has 1 unspecified atom stereocenters. The van der Waals surface area contributed by atoms with Crippen LogP contribution in [0, 0.1) is 19.8 Å². The standard InChI is InChI=1S/C27H36N2O4/c1-20-10-5-8-15-32-27(31)26-22(3)16-21(2)17-23(26)18-24(12-9-11-20)28-33-19-25(30)29-13-6-4-7-14-29/h5,9-10,12,16-17,20H,4,6-8,11,13-15,18-19H2,1-3H3/b10-5+,12-9+,28-24+. The molecule has 178 valence electrons. The molecular weight excluding hydrogens is 416 g/mol. The lowest BCUT2D eigenvalue weighted by atomic mass is 9.94. The van der Waals surface area contributed by atoms with Crippen molar-refractivity contribution in [2.45, 2.75) is 59.3 Å². The first-order valence-electron chi connectivity index (χ1n) is 12.0. The number of cyclic esters (lactones) is 1. The van der Waals surface area contributed by atoms with Gasteiger partial charge in [-0.15, -0.1) is 0 Å². The molecule has 0 aliphatic carbocycles. The molecule has 0 aromatic heterocycles. The Morgan fingerprint density at radius 3 is 2.76 bits per heavy atom. The zero-order valence-corrected chi connectivity index (χ0v) is 20.1. The summed E-state index contributed by atoms with van der Waals surface area (Å²) in [5.41, 5.74) is 4.07. The van der Waals surface area contributed by atoms with Crippen LogP contribution in [-0.4, -0.2) is 48.8 Å². The second kappa shape index (κ2) is 12.4. The van der Waals surface area contributed by atoms with Crippen LogP contribution in [0.2, 0.25) is 0 Å². The Balaban J connectivity index is 1.83. The van der Waals surface area contributed by atoms with E-state index in [2.05, 4.69) is 30.3 Å². The van der Waals surface area contributed by atoms with Gasteiger partial charge < -0.3 is 14.5 Å². The summed E-state index contributed by atoms with van der Waals surface area (Å²) < 4.78 is 5.55. The maximum Gasteiger partial charge on any atom is 0.338 e. The largest absolute Gasteiger partial charge is 0.462 e. The molecule has 33 heavy (non-hydrogen) atoms. The second-order valence-corrected chi connectivity index (χ2v) is 9.06. The van der Waals surface area contributed by atoms with Crippen LogP contribution in [0.5, 0.6) is 0 Å². The topological polar surface area (TPSA) is 68.2 Å². The van der Waals surface area contributed by atoms with Crippen molar-refractivity contribution in [3.05, 3.63) is 58.7 Å². The van der Waals surface area contributed by atoms with Gasteiger partial charge in [0.15, 0.2) is 6.61 Å². The monoisotopic (exact) mass is 452 g/mol. The minimum Gasteiger partial charge on any atom is -0.462 e. The van der Waals surface area contributed by atoms with Gasteiger partial charge in [-0.1, -0.05) is 48.0 Å². The number of carbonyl (C=O) groups is 2. The van der Waals surface area contributed by atoms with E-state index >= 15 is 0 Å². The molecule has 1 fully saturated rings.